The quantitative estimate of drug-likeness (QED) is 0.562. The van der Waals surface area contributed by atoms with Crippen molar-refractivity contribution in [3.8, 4) is 11.5 Å². The molecule has 0 saturated carbocycles. The summed E-state index contributed by atoms with van der Waals surface area (Å²) in [5, 5.41) is 4.21. The summed E-state index contributed by atoms with van der Waals surface area (Å²) >= 11 is 0. The van der Waals surface area contributed by atoms with Gasteiger partial charge in [0.15, 0.2) is 0 Å². The minimum absolute atomic E-state index is 0.416. The summed E-state index contributed by atoms with van der Waals surface area (Å²) in [6.45, 7) is 1.05. The molecule has 1 aliphatic rings. The second kappa shape index (κ2) is 8.21. The van der Waals surface area contributed by atoms with Crippen LogP contribution in [0.3, 0.4) is 0 Å². The predicted octanol–water partition coefficient (Wildman–Crippen LogP) is 3.34. The molecule has 2 aromatic rings. The van der Waals surface area contributed by atoms with E-state index in [1.807, 2.05) is 48.5 Å². The zero-order valence-corrected chi connectivity index (χ0v) is 15.2. The lowest BCUT2D eigenvalue weighted by Gasteiger charge is -2.28. The van der Waals surface area contributed by atoms with E-state index in [9.17, 15) is 0 Å². The molecule has 0 aliphatic carbocycles. The fraction of sp³-hybridized carbons (Fsp3) is 0.350. The summed E-state index contributed by atoms with van der Waals surface area (Å²) < 4.78 is 22.5. The summed E-state index contributed by atoms with van der Waals surface area (Å²) in [6.07, 6.45) is 0.416. The molecule has 1 aliphatic heterocycles. The van der Waals surface area contributed by atoms with Crippen molar-refractivity contribution in [3.05, 3.63) is 59.7 Å². The van der Waals surface area contributed by atoms with Crippen LogP contribution in [0.4, 0.5) is 0 Å². The van der Waals surface area contributed by atoms with Crippen LogP contribution in [0.2, 0.25) is 0 Å². The van der Waals surface area contributed by atoms with Crippen LogP contribution in [-0.2, 0) is 20.1 Å². The second-order valence-electron chi connectivity index (χ2n) is 5.80. The number of hydrogen-bond donors (Lipinski definition) is 0. The van der Waals surface area contributed by atoms with Crippen molar-refractivity contribution in [2.45, 2.75) is 12.2 Å². The van der Waals surface area contributed by atoms with Gasteiger partial charge in [0.05, 0.1) is 39.6 Å². The van der Waals surface area contributed by atoms with Crippen LogP contribution >= 0.6 is 0 Å². The van der Waals surface area contributed by atoms with Crippen molar-refractivity contribution in [1.29, 1.82) is 0 Å². The Morgan fingerprint density at radius 3 is 1.92 bits per heavy atom. The third kappa shape index (κ3) is 3.81. The lowest BCUT2D eigenvalue weighted by atomic mass is 9.96. The Kier molecular flexibility index (Phi) is 5.75. The number of methoxy groups -OCH3 is 2. The average molecular weight is 357 g/mol. The Balaban J connectivity index is 1.91. The Morgan fingerprint density at radius 1 is 0.885 bits per heavy atom. The van der Waals surface area contributed by atoms with Gasteiger partial charge in [0.2, 0.25) is 5.79 Å². The monoisotopic (exact) mass is 357 g/mol. The van der Waals surface area contributed by atoms with Gasteiger partial charge in [0.1, 0.15) is 18.6 Å². The maximum Gasteiger partial charge on any atom is 0.200 e. The molecule has 26 heavy (non-hydrogen) atoms. The molecule has 0 spiro atoms. The molecule has 0 atom stereocenters. The lowest BCUT2D eigenvalue weighted by molar-refractivity contribution is -0.159. The van der Waals surface area contributed by atoms with Gasteiger partial charge >= 0.3 is 0 Å². The summed E-state index contributed by atoms with van der Waals surface area (Å²) in [5.41, 5.74) is 2.56. The van der Waals surface area contributed by atoms with E-state index in [1.165, 1.54) is 7.11 Å². The van der Waals surface area contributed by atoms with Gasteiger partial charge in [-0.1, -0.05) is 5.16 Å². The SMILES string of the molecule is CO/N=C(/CC1(c2ccc(OC)cc2)OCCO1)c1ccc(OC)cc1. The molecule has 6 nitrogen and oxygen atoms in total. The van der Waals surface area contributed by atoms with Gasteiger partial charge in [-0.2, -0.15) is 0 Å². The summed E-state index contributed by atoms with van der Waals surface area (Å²) in [4.78, 5) is 5.07. The van der Waals surface area contributed by atoms with E-state index in [0.717, 1.165) is 28.3 Å². The molecule has 0 N–H and O–H groups in total. The molecule has 3 rings (SSSR count). The van der Waals surface area contributed by atoms with Crippen LogP contribution in [-0.4, -0.2) is 40.3 Å². The summed E-state index contributed by atoms with van der Waals surface area (Å²) in [7, 11) is 4.80. The molecule has 1 fully saturated rings. The molecule has 0 amide bonds. The normalized spacial score (nSPS) is 16.3. The minimum atomic E-state index is -0.899. The molecular formula is C20H23NO5. The van der Waals surface area contributed by atoms with Crippen molar-refractivity contribution in [2.75, 3.05) is 34.5 Å². The van der Waals surface area contributed by atoms with Crippen LogP contribution in [0.25, 0.3) is 0 Å². The molecule has 0 bridgehead atoms. The van der Waals surface area contributed by atoms with Crippen molar-refractivity contribution in [3.63, 3.8) is 0 Å². The molecule has 2 aromatic carbocycles. The Morgan fingerprint density at radius 2 is 1.42 bits per heavy atom. The number of benzene rings is 2. The van der Waals surface area contributed by atoms with Crippen molar-refractivity contribution < 1.29 is 23.8 Å². The molecule has 0 unspecified atom stereocenters. The standard InChI is InChI=1S/C20H23NO5/c1-22-17-8-4-15(5-9-17)19(21-24-3)14-20(25-12-13-26-20)16-6-10-18(23-2)11-7-16/h4-11H,12-14H2,1-3H3/b21-19-. The van der Waals surface area contributed by atoms with E-state index in [0.29, 0.717) is 19.6 Å². The van der Waals surface area contributed by atoms with Crippen LogP contribution in [0.5, 0.6) is 11.5 Å². The highest BCUT2D eigenvalue weighted by Crippen LogP contribution is 2.37. The zero-order chi connectivity index (χ0) is 18.4. The van der Waals surface area contributed by atoms with Crippen LogP contribution in [0.1, 0.15) is 17.5 Å². The Labute approximate surface area is 153 Å². The van der Waals surface area contributed by atoms with Gasteiger partial charge in [-0.15, -0.1) is 0 Å². The molecular weight excluding hydrogens is 334 g/mol. The number of hydrogen-bond acceptors (Lipinski definition) is 6. The molecule has 1 heterocycles. The van der Waals surface area contributed by atoms with E-state index < -0.39 is 5.79 Å². The zero-order valence-electron chi connectivity index (χ0n) is 15.2. The molecule has 0 aromatic heterocycles. The maximum absolute atomic E-state index is 6.02. The van der Waals surface area contributed by atoms with Crippen molar-refractivity contribution in [1.82, 2.24) is 0 Å². The molecule has 6 heteroatoms. The van der Waals surface area contributed by atoms with E-state index in [4.69, 9.17) is 23.8 Å². The topological polar surface area (TPSA) is 58.5 Å². The predicted molar refractivity (Wildman–Crippen MR) is 97.7 cm³/mol. The maximum atomic E-state index is 6.02. The van der Waals surface area contributed by atoms with Gasteiger partial charge in [-0.3, -0.25) is 0 Å². The Bertz CT molecular complexity index is 734. The molecule has 138 valence electrons. The van der Waals surface area contributed by atoms with Crippen LogP contribution < -0.4 is 9.47 Å². The third-order valence-electron chi connectivity index (χ3n) is 4.31. The van der Waals surface area contributed by atoms with E-state index in [-0.39, 0.29) is 0 Å². The number of rotatable bonds is 7. The summed E-state index contributed by atoms with van der Waals surface area (Å²) in [6, 6.07) is 15.3. The lowest BCUT2D eigenvalue weighted by Crippen LogP contribution is -2.31. The first-order valence-electron chi connectivity index (χ1n) is 8.37. The average Bonchev–Trinajstić information content (AvgIpc) is 3.17. The van der Waals surface area contributed by atoms with Gasteiger partial charge < -0.3 is 23.8 Å². The highest BCUT2D eigenvalue weighted by Gasteiger charge is 2.40. The summed E-state index contributed by atoms with van der Waals surface area (Å²) in [5.74, 6) is 0.662. The van der Waals surface area contributed by atoms with Crippen molar-refractivity contribution >= 4 is 5.71 Å². The van der Waals surface area contributed by atoms with Gasteiger partial charge in [0.25, 0.3) is 0 Å². The van der Waals surface area contributed by atoms with Crippen LogP contribution in [0.15, 0.2) is 53.7 Å². The first-order chi connectivity index (χ1) is 12.7. The fourth-order valence-electron chi connectivity index (χ4n) is 2.97. The number of ether oxygens (including phenoxy) is 4. The van der Waals surface area contributed by atoms with Gasteiger partial charge in [-0.25, -0.2) is 0 Å². The van der Waals surface area contributed by atoms with E-state index in [1.54, 1.807) is 14.2 Å². The molecule has 1 saturated heterocycles. The minimum Gasteiger partial charge on any atom is -0.497 e. The first kappa shape index (κ1) is 18.2. The Hall–Kier alpha value is -2.57. The highest BCUT2D eigenvalue weighted by atomic mass is 16.7. The van der Waals surface area contributed by atoms with E-state index >= 15 is 0 Å². The third-order valence-corrected chi connectivity index (χ3v) is 4.31. The van der Waals surface area contributed by atoms with Crippen LogP contribution in [0, 0.1) is 0 Å². The van der Waals surface area contributed by atoms with Crippen molar-refractivity contribution in [2.24, 2.45) is 5.16 Å². The highest BCUT2D eigenvalue weighted by molar-refractivity contribution is 6.01. The second-order valence-corrected chi connectivity index (χ2v) is 5.80. The molecule has 0 radical (unpaired) electrons. The van der Waals surface area contributed by atoms with Gasteiger partial charge in [0, 0.05) is 5.56 Å². The first-order valence-corrected chi connectivity index (χ1v) is 8.37. The fourth-order valence-corrected chi connectivity index (χ4v) is 2.97. The smallest absolute Gasteiger partial charge is 0.200 e. The number of oxime groups is 1. The van der Waals surface area contributed by atoms with Gasteiger partial charge in [-0.05, 0) is 54.1 Å². The largest absolute Gasteiger partial charge is 0.497 e. The number of nitrogens with zero attached hydrogens (tertiary/aromatic N) is 1. The van der Waals surface area contributed by atoms with E-state index in [2.05, 4.69) is 5.16 Å².